The number of nitrogens with one attached hydrogen (secondary N) is 1. The van der Waals surface area contributed by atoms with E-state index in [1.807, 2.05) is 11.8 Å². The molecule has 1 rings (SSSR count). The molecular weight excluding hydrogens is 226 g/mol. The fraction of sp³-hybridized carbons (Fsp3) is 0.600. The van der Waals surface area contributed by atoms with Crippen LogP contribution in [0.25, 0.3) is 0 Å². The van der Waals surface area contributed by atoms with E-state index < -0.39 is 0 Å². The Labute approximate surface area is 110 Å². The molecule has 0 spiro atoms. The number of hydrogen-bond donors (Lipinski definition) is 1. The van der Waals surface area contributed by atoms with E-state index in [1.165, 1.54) is 41.9 Å². The monoisotopic (exact) mass is 251 g/mol. The molecule has 1 nitrogen and oxygen atoms in total. The summed E-state index contributed by atoms with van der Waals surface area (Å²) in [6.45, 7) is 6.55. The van der Waals surface area contributed by atoms with Crippen molar-refractivity contribution in [2.75, 3.05) is 12.3 Å². The van der Waals surface area contributed by atoms with Gasteiger partial charge in [0.15, 0.2) is 0 Å². The van der Waals surface area contributed by atoms with Crippen molar-refractivity contribution in [3.63, 3.8) is 0 Å². The molecular formula is C15H25NS. The number of hydrogen-bond acceptors (Lipinski definition) is 2. The number of benzene rings is 1. The predicted molar refractivity (Wildman–Crippen MR) is 78.7 cm³/mol. The van der Waals surface area contributed by atoms with Crippen LogP contribution in [0, 0.1) is 0 Å². The molecule has 1 aromatic rings. The lowest BCUT2D eigenvalue weighted by molar-refractivity contribution is 0.675. The van der Waals surface area contributed by atoms with Crippen LogP contribution in [0.3, 0.4) is 0 Å². The van der Waals surface area contributed by atoms with Crippen LogP contribution < -0.4 is 5.32 Å². The summed E-state index contributed by atoms with van der Waals surface area (Å²) in [5, 5.41) is 3.42. The Kier molecular flexibility index (Phi) is 8.20. The topological polar surface area (TPSA) is 12.0 Å². The number of rotatable bonds is 9. The van der Waals surface area contributed by atoms with Gasteiger partial charge in [-0.2, -0.15) is 0 Å². The Hall–Kier alpha value is -0.470. The van der Waals surface area contributed by atoms with Gasteiger partial charge < -0.3 is 5.32 Å². The van der Waals surface area contributed by atoms with Crippen LogP contribution in [0.4, 0.5) is 0 Å². The molecule has 2 heteroatoms. The van der Waals surface area contributed by atoms with Crippen LogP contribution in [-0.4, -0.2) is 12.3 Å². The maximum absolute atomic E-state index is 3.42. The van der Waals surface area contributed by atoms with Crippen molar-refractivity contribution in [2.45, 2.75) is 51.0 Å². The van der Waals surface area contributed by atoms with E-state index in [9.17, 15) is 0 Å². The summed E-state index contributed by atoms with van der Waals surface area (Å²) in [6, 6.07) is 8.98. The fourth-order valence-corrected chi connectivity index (χ4v) is 2.57. The maximum Gasteiger partial charge on any atom is 0.0205 e. The van der Waals surface area contributed by atoms with Gasteiger partial charge in [0.1, 0.15) is 0 Å². The standard InChI is InChI=1S/C15H25NS/c1-3-5-6-12-17-15-9-7-14(8-10-15)13-16-11-4-2/h7-10,16H,3-6,11-13H2,1-2H3. The van der Waals surface area contributed by atoms with Gasteiger partial charge >= 0.3 is 0 Å². The van der Waals surface area contributed by atoms with E-state index in [0.29, 0.717) is 0 Å². The van der Waals surface area contributed by atoms with Gasteiger partial charge in [-0.1, -0.05) is 38.8 Å². The van der Waals surface area contributed by atoms with Crippen molar-refractivity contribution in [1.82, 2.24) is 5.32 Å². The predicted octanol–water partition coefficient (Wildman–Crippen LogP) is 4.47. The van der Waals surface area contributed by atoms with Crippen LogP contribution in [0.15, 0.2) is 29.2 Å². The van der Waals surface area contributed by atoms with Crippen molar-refractivity contribution in [2.24, 2.45) is 0 Å². The smallest absolute Gasteiger partial charge is 0.0205 e. The first-order valence-corrected chi connectivity index (χ1v) is 7.77. The first-order chi connectivity index (χ1) is 8.36. The average Bonchev–Trinajstić information content (AvgIpc) is 2.37. The molecule has 1 aromatic carbocycles. The Morgan fingerprint density at radius 1 is 1.00 bits per heavy atom. The SMILES string of the molecule is CCCCCSc1ccc(CNCCC)cc1. The highest BCUT2D eigenvalue weighted by atomic mass is 32.2. The summed E-state index contributed by atoms with van der Waals surface area (Å²) in [6.07, 6.45) is 5.20. The first kappa shape index (κ1) is 14.6. The molecule has 0 heterocycles. The largest absolute Gasteiger partial charge is 0.313 e. The molecule has 0 saturated heterocycles. The second-order valence-corrected chi connectivity index (χ2v) is 5.54. The summed E-state index contributed by atoms with van der Waals surface area (Å²) in [7, 11) is 0. The lowest BCUT2D eigenvalue weighted by Gasteiger charge is -2.05. The molecule has 0 unspecified atom stereocenters. The third kappa shape index (κ3) is 6.75. The zero-order valence-electron chi connectivity index (χ0n) is 11.2. The minimum absolute atomic E-state index is 0.995. The Balaban J connectivity index is 2.24. The van der Waals surface area contributed by atoms with Crippen molar-refractivity contribution in [3.8, 4) is 0 Å². The van der Waals surface area contributed by atoms with Gasteiger partial charge in [-0.3, -0.25) is 0 Å². The molecule has 0 amide bonds. The summed E-state index contributed by atoms with van der Waals surface area (Å²) in [5.74, 6) is 1.25. The highest BCUT2D eigenvalue weighted by Crippen LogP contribution is 2.20. The second-order valence-electron chi connectivity index (χ2n) is 4.38. The average molecular weight is 251 g/mol. The van der Waals surface area contributed by atoms with Gasteiger partial charge in [-0.15, -0.1) is 11.8 Å². The van der Waals surface area contributed by atoms with Crippen LogP contribution in [0.2, 0.25) is 0 Å². The zero-order chi connectivity index (χ0) is 12.3. The molecule has 0 aliphatic carbocycles. The van der Waals surface area contributed by atoms with E-state index in [2.05, 4.69) is 43.4 Å². The van der Waals surface area contributed by atoms with Crippen molar-refractivity contribution in [1.29, 1.82) is 0 Å². The van der Waals surface area contributed by atoms with E-state index in [-0.39, 0.29) is 0 Å². The normalized spacial score (nSPS) is 10.7. The van der Waals surface area contributed by atoms with Gasteiger partial charge in [0, 0.05) is 11.4 Å². The molecule has 96 valence electrons. The van der Waals surface area contributed by atoms with E-state index >= 15 is 0 Å². The van der Waals surface area contributed by atoms with E-state index in [0.717, 1.165) is 13.1 Å². The maximum atomic E-state index is 3.42. The van der Waals surface area contributed by atoms with Gasteiger partial charge in [0.25, 0.3) is 0 Å². The van der Waals surface area contributed by atoms with Crippen molar-refractivity contribution in [3.05, 3.63) is 29.8 Å². The molecule has 0 saturated carbocycles. The van der Waals surface area contributed by atoms with Gasteiger partial charge in [-0.05, 0) is 42.8 Å². The van der Waals surface area contributed by atoms with Crippen LogP contribution in [0.5, 0.6) is 0 Å². The van der Waals surface area contributed by atoms with Crippen LogP contribution >= 0.6 is 11.8 Å². The fourth-order valence-electron chi connectivity index (χ4n) is 1.66. The van der Waals surface area contributed by atoms with Crippen LogP contribution in [0.1, 0.15) is 45.1 Å². The van der Waals surface area contributed by atoms with E-state index in [4.69, 9.17) is 0 Å². The Bertz CT molecular complexity index is 281. The van der Waals surface area contributed by atoms with Crippen LogP contribution in [-0.2, 0) is 6.54 Å². The summed E-state index contributed by atoms with van der Waals surface area (Å²) >= 11 is 1.98. The van der Waals surface area contributed by atoms with Gasteiger partial charge in [-0.25, -0.2) is 0 Å². The molecule has 0 aromatic heterocycles. The molecule has 0 radical (unpaired) electrons. The zero-order valence-corrected chi connectivity index (χ0v) is 12.0. The third-order valence-corrected chi connectivity index (χ3v) is 3.79. The highest BCUT2D eigenvalue weighted by molar-refractivity contribution is 7.99. The van der Waals surface area contributed by atoms with E-state index in [1.54, 1.807) is 0 Å². The lowest BCUT2D eigenvalue weighted by atomic mass is 10.2. The second kappa shape index (κ2) is 9.55. The molecule has 1 N–H and O–H groups in total. The summed E-state index contributed by atoms with van der Waals surface area (Å²) in [5.41, 5.74) is 1.39. The Morgan fingerprint density at radius 3 is 2.41 bits per heavy atom. The van der Waals surface area contributed by atoms with Crippen molar-refractivity contribution >= 4 is 11.8 Å². The Morgan fingerprint density at radius 2 is 1.76 bits per heavy atom. The molecule has 0 aliphatic heterocycles. The molecule has 0 bridgehead atoms. The molecule has 17 heavy (non-hydrogen) atoms. The molecule has 0 atom stereocenters. The lowest BCUT2D eigenvalue weighted by Crippen LogP contribution is -2.13. The van der Waals surface area contributed by atoms with Gasteiger partial charge in [0.2, 0.25) is 0 Å². The summed E-state index contributed by atoms with van der Waals surface area (Å²) in [4.78, 5) is 1.40. The number of thioether (sulfide) groups is 1. The van der Waals surface area contributed by atoms with Gasteiger partial charge in [0.05, 0.1) is 0 Å². The molecule has 0 aliphatic rings. The quantitative estimate of drug-likeness (QED) is 0.513. The first-order valence-electron chi connectivity index (χ1n) is 6.79. The highest BCUT2D eigenvalue weighted by Gasteiger charge is 1.95. The third-order valence-electron chi connectivity index (χ3n) is 2.70. The minimum Gasteiger partial charge on any atom is -0.313 e. The van der Waals surface area contributed by atoms with Crippen molar-refractivity contribution < 1.29 is 0 Å². The summed E-state index contributed by atoms with van der Waals surface area (Å²) < 4.78 is 0. The molecule has 0 fully saturated rings. The minimum atomic E-state index is 0.995. The number of unbranched alkanes of at least 4 members (excludes halogenated alkanes) is 2.